The predicted octanol–water partition coefficient (Wildman–Crippen LogP) is 4.29. The van der Waals surface area contributed by atoms with Gasteiger partial charge in [-0.05, 0) is 25.1 Å². The number of nitrogens with one attached hydrogen (secondary N) is 1. The van der Waals surface area contributed by atoms with Crippen molar-refractivity contribution >= 4 is 28.3 Å². The lowest BCUT2D eigenvalue weighted by atomic mass is 10.0. The first-order valence-electron chi connectivity index (χ1n) is 11.4. The Morgan fingerprint density at radius 2 is 1.58 bits per heavy atom. The van der Waals surface area contributed by atoms with Gasteiger partial charge >= 0.3 is 0 Å². The van der Waals surface area contributed by atoms with Crippen LogP contribution in [0, 0.1) is 0 Å². The van der Waals surface area contributed by atoms with E-state index in [9.17, 15) is 14.4 Å². The number of anilines is 1. The number of methoxy groups -OCH3 is 2. The predicted molar refractivity (Wildman–Crippen MR) is 137 cm³/mol. The number of benzene rings is 3. The summed E-state index contributed by atoms with van der Waals surface area (Å²) in [6.07, 6.45) is 1.44. The minimum Gasteiger partial charge on any atom is -0.497 e. The fraction of sp³-hybridized carbons (Fsp3) is 0.179. The third-order valence-electron chi connectivity index (χ3n) is 5.59. The SMILES string of the molecule is CCOc1ccc2c(c1)c(=O)c(C(=O)c1ccccc1)cn2CC(=O)Nc1cc(OC)cc(OC)c1. The van der Waals surface area contributed by atoms with Crippen molar-refractivity contribution in [3.05, 3.63) is 94.3 Å². The molecule has 0 saturated carbocycles. The third-order valence-corrected chi connectivity index (χ3v) is 5.59. The Balaban J connectivity index is 1.75. The van der Waals surface area contributed by atoms with Crippen molar-refractivity contribution in [2.24, 2.45) is 0 Å². The molecule has 4 aromatic rings. The molecule has 1 amide bonds. The first-order valence-corrected chi connectivity index (χ1v) is 11.4. The fourth-order valence-electron chi connectivity index (χ4n) is 3.91. The Bertz CT molecular complexity index is 1450. The van der Waals surface area contributed by atoms with Gasteiger partial charge in [-0.25, -0.2) is 0 Å². The molecule has 1 heterocycles. The molecule has 0 radical (unpaired) electrons. The molecule has 0 spiro atoms. The van der Waals surface area contributed by atoms with E-state index in [2.05, 4.69) is 5.32 Å². The van der Waals surface area contributed by atoms with Crippen LogP contribution in [-0.2, 0) is 11.3 Å². The standard InChI is InChI=1S/C28H26N2O6/c1-4-36-20-10-11-25-23(15-20)28(33)24(27(32)18-8-6-5-7-9-18)16-30(25)17-26(31)29-19-12-21(34-2)14-22(13-19)35-3/h5-16H,4,17H2,1-3H3,(H,29,31). The van der Waals surface area contributed by atoms with Gasteiger partial charge in [-0.15, -0.1) is 0 Å². The molecule has 8 nitrogen and oxygen atoms in total. The number of fused-ring (bicyclic) bond motifs is 1. The largest absolute Gasteiger partial charge is 0.497 e. The molecule has 0 aliphatic rings. The third kappa shape index (κ3) is 5.22. The monoisotopic (exact) mass is 486 g/mol. The number of nitrogens with zero attached hydrogens (tertiary/aromatic N) is 1. The van der Waals surface area contributed by atoms with Crippen molar-refractivity contribution in [2.45, 2.75) is 13.5 Å². The van der Waals surface area contributed by atoms with E-state index in [1.165, 1.54) is 20.4 Å². The Morgan fingerprint density at radius 3 is 2.22 bits per heavy atom. The van der Waals surface area contributed by atoms with E-state index < -0.39 is 11.2 Å². The zero-order chi connectivity index (χ0) is 25.7. The first-order chi connectivity index (χ1) is 17.4. The molecule has 0 unspecified atom stereocenters. The lowest BCUT2D eigenvalue weighted by molar-refractivity contribution is -0.116. The number of aromatic nitrogens is 1. The van der Waals surface area contributed by atoms with Crippen molar-refractivity contribution in [1.82, 2.24) is 4.57 Å². The van der Waals surface area contributed by atoms with E-state index in [0.29, 0.717) is 46.0 Å². The average molecular weight is 487 g/mol. The number of carbonyl (C=O) groups excluding carboxylic acids is 2. The fourth-order valence-corrected chi connectivity index (χ4v) is 3.91. The minimum atomic E-state index is -0.422. The number of pyridine rings is 1. The Morgan fingerprint density at radius 1 is 0.889 bits per heavy atom. The lowest BCUT2D eigenvalue weighted by Crippen LogP contribution is -2.24. The summed E-state index contributed by atoms with van der Waals surface area (Å²) in [6.45, 7) is 2.13. The van der Waals surface area contributed by atoms with Gasteiger partial charge in [0.2, 0.25) is 11.3 Å². The first kappa shape index (κ1) is 24.5. The summed E-state index contributed by atoms with van der Waals surface area (Å²) < 4.78 is 17.7. The summed E-state index contributed by atoms with van der Waals surface area (Å²) in [5.41, 5.74) is 0.925. The summed E-state index contributed by atoms with van der Waals surface area (Å²) in [5.74, 6) is 0.777. The van der Waals surface area contributed by atoms with Crippen LogP contribution in [0.5, 0.6) is 17.2 Å². The molecule has 0 fully saturated rings. The zero-order valence-corrected chi connectivity index (χ0v) is 20.2. The van der Waals surface area contributed by atoms with E-state index in [-0.39, 0.29) is 18.0 Å². The maximum absolute atomic E-state index is 13.4. The summed E-state index contributed by atoms with van der Waals surface area (Å²) >= 11 is 0. The number of amides is 1. The smallest absolute Gasteiger partial charge is 0.244 e. The molecule has 36 heavy (non-hydrogen) atoms. The molecule has 8 heteroatoms. The van der Waals surface area contributed by atoms with E-state index in [0.717, 1.165) is 0 Å². The second-order valence-corrected chi connectivity index (χ2v) is 7.96. The molecule has 0 saturated heterocycles. The van der Waals surface area contributed by atoms with Crippen molar-refractivity contribution in [2.75, 3.05) is 26.1 Å². The maximum atomic E-state index is 13.4. The van der Waals surface area contributed by atoms with Gasteiger partial charge < -0.3 is 24.1 Å². The average Bonchev–Trinajstić information content (AvgIpc) is 2.90. The van der Waals surface area contributed by atoms with Crippen LogP contribution in [0.2, 0.25) is 0 Å². The van der Waals surface area contributed by atoms with Gasteiger partial charge in [0.05, 0.1) is 37.3 Å². The van der Waals surface area contributed by atoms with Gasteiger partial charge in [-0.3, -0.25) is 14.4 Å². The number of rotatable bonds is 9. The number of hydrogen-bond acceptors (Lipinski definition) is 6. The highest BCUT2D eigenvalue weighted by Crippen LogP contribution is 2.26. The van der Waals surface area contributed by atoms with Gasteiger partial charge in [0.1, 0.15) is 23.8 Å². The number of carbonyl (C=O) groups is 2. The van der Waals surface area contributed by atoms with Crippen LogP contribution in [0.3, 0.4) is 0 Å². The minimum absolute atomic E-state index is 0.0294. The maximum Gasteiger partial charge on any atom is 0.244 e. The van der Waals surface area contributed by atoms with Crippen LogP contribution in [-0.4, -0.2) is 37.1 Å². The van der Waals surface area contributed by atoms with Crippen LogP contribution in [0.15, 0.2) is 77.7 Å². The Labute approximate surface area is 208 Å². The van der Waals surface area contributed by atoms with Gasteiger partial charge in [-0.1, -0.05) is 30.3 Å². The second kappa shape index (κ2) is 10.8. The summed E-state index contributed by atoms with van der Waals surface area (Å²) in [6, 6.07) is 18.6. The topological polar surface area (TPSA) is 95.9 Å². The summed E-state index contributed by atoms with van der Waals surface area (Å²) in [5, 5.41) is 3.11. The number of ketones is 1. The number of ether oxygens (including phenoxy) is 3. The molecule has 3 aromatic carbocycles. The molecule has 184 valence electrons. The zero-order valence-electron chi connectivity index (χ0n) is 20.2. The van der Waals surface area contributed by atoms with Crippen LogP contribution in [0.1, 0.15) is 22.8 Å². The normalized spacial score (nSPS) is 10.6. The summed E-state index contributed by atoms with van der Waals surface area (Å²) in [7, 11) is 3.04. The molecule has 0 bridgehead atoms. The van der Waals surface area contributed by atoms with Crippen LogP contribution in [0.4, 0.5) is 5.69 Å². The Hall–Kier alpha value is -4.59. The Kier molecular flexibility index (Phi) is 7.34. The van der Waals surface area contributed by atoms with Crippen molar-refractivity contribution < 1.29 is 23.8 Å². The van der Waals surface area contributed by atoms with E-state index in [1.807, 2.05) is 6.92 Å². The van der Waals surface area contributed by atoms with Crippen molar-refractivity contribution in [3.8, 4) is 17.2 Å². The van der Waals surface area contributed by atoms with Crippen LogP contribution in [0.25, 0.3) is 10.9 Å². The number of hydrogen-bond donors (Lipinski definition) is 1. The van der Waals surface area contributed by atoms with E-state index in [1.54, 1.807) is 71.3 Å². The lowest BCUT2D eigenvalue weighted by Gasteiger charge is -2.15. The van der Waals surface area contributed by atoms with Crippen LogP contribution < -0.4 is 25.0 Å². The highest BCUT2D eigenvalue weighted by molar-refractivity contribution is 6.10. The van der Waals surface area contributed by atoms with Crippen molar-refractivity contribution in [3.63, 3.8) is 0 Å². The molecular weight excluding hydrogens is 460 g/mol. The molecule has 0 atom stereocenters. The molecule has 0 aliphatic heterocycles. The van der Waals surface area contributed by atoms with E-state index >= 15 is 0 Å². The molecule has 1 aromatic heterocycles. The summed E-state index contributed by atoms with van der Waals surface area (Å²) in [4.78, 5) is 39.6. The van der Waals surface area contributed by atoms with E-state index in [4.69, 9.17) is 14.2 Å². The van der Waals surface area contributed by atoms with Gasteiger partial charge in [0.25, 0.3) is 0 Å². The molecule has 1 N–H and O–H groups in total. The molecule has 0 aliphatic carbocycles. The van der Waals surface area contributed by atoms with Gasteiger partial charge in [-0.2, -0.15) is 0 Å². The second-order valence-electron chi connectivity index (χ2n) is 7.96. The highest BCUT2D eigenvalue weighted by Gasteiger charge is 2.19. The van der Waals surface area contributed by atoms with Gasteiger partial charge in [0.15, 0.2) is 5.78 Å². The van der Waals surface area contributed by atoms with Crippen LogP contribution >= 0.6 is 0 Å². The molecular formula is C28H26N2O6. The van der Waals surface area contributed by atoms with Crippen molar-refractivity contribution in [1.29, 1.82) is 0 Å². The van der Waals surface area contributed by atoms with Gasteiger partial charge in [0, 0.05) is 35.6 Å². The molecule has 4 rings (SSSR count). The quantitative estimate of drug-likeness (QED) is 0.355. The highest BCUT2D eigenvalue weighted by atomic mass is 16.5.